The van der Waals surface area contributed by atoms with Gasteiger partial charge in [-0.1, -0.05) is 12.2 Å². The van der Waals surface area contributed by atoms with E-state index < -0.39 is 18.0 Å². The van der Waals surface area contributed by atoms with Gasteiger partial charge in [-0.2, -0.15) is 13.2 Å². The highest BCUT2D eigenvalue weighted by Crippen LogP contribution is 2.32. The third-order valence-corrected chi connectivity index (χ3v) is 4.95. The van der Waals surface area contributed by atoms with Crippen molar-refractivity contribution in [3.05, 3.63) is 35.8 Å². The van der Waals surface area contributed by atoms with Crippen molar-refractivity contribution in [2.75, 3.05) is 12.3 Å². The van der Waals surface area contributed by atoms with Crippen LogP contribution < -0.4 is 0 Å². The van der Waals surface area contributed by atoms with Crippen molar-refractivity contribution >= 4 is 23.9 Å². The zero-order chi connectivity index (χ0) is 20.7. The van der Waals surface area contributed by atoms with E-state index in [0.29, 0.717) is 25.1 Å². The van der Waals surface area contributed by atoms with Crippen LogP contribution in [-0.4, -0.2) is 40.2 Å². The number of furan rings is 1. The van der Waals surface area contributed by atoms with E-state index in [4.69, 9.17) is 4.18 Å². The number of rotatable bonds is 9. The molecular formula is C18H22F3NO5S. The molecule has 1 aromatic rings. The highest BCUT2D eigenvalue weighted by Gasteiger charge is 2.35. The molecule has 1 saturated heterocycles. The Morgan fingerprint density at radius 2 is 2.21 bits per heavy atom. The average molecular weight is 421 g/mol. The maximum absolute atomic E-state index is 12.6. The van der Waals surface area contributed by atoms with Crippen molar-refractivity contribution in [3.63, 3.8) is 0 Å². The van der Waals surface area contributed by atoms with Gasteiger partial charge >= 0.3 is 12.1 Å². The number of hydrogen-bond acceptors (Lipinski definition) is 6. The average Bonchev–Trinajstić information content (AvgIpc) is 3.23. The van der Waals surface area contributed by atoms with Crippen molar-refractivity contribution in [3.8, 4) is 0 Å². The maximum atomic E-state index is 12.6. The number of halogens is 3. The Morgan fingerprint density at radius 1 is 1.46 bits per heavy atom. The molecule has 28 heavy (non-hydrogen) atoms. The molecule has 6 nitrogen and oxygen atoms in total. The van der Waals surface area contributed by atoms with Gasteiger partial charge in [0.25, 0.3) is 0 Å². The van der Waals surface area contributed by atoms with Crippen LogP contribution in [0.5, 0.6) is 0 Å². The molecular weight excluding hydrogens is 399 g/mol. The van der Waals surface area contributed by atoms with Crippen molar-refractivity contribution in [2.24, 2.45) is 0 Å². The zero-order valence-electron chi connectivity index (χ0n) is 15.3. The van der Waals surface area contributed by atoms with Gasteiger partial charge < -0.3 is 18.6 Å². The fourth-order valence-corrected chi connectivity index (χ4v) is 3.38. The zero-order valence-corrected chi connectivity index (χ0v) is 16.1. The molecule has 10 heteroatoms. The Hall–Kier alpha value is -1.94. The van der Waals surface area contributed by atoms with Crippen molar-refractivity contribution in [2.45, 2.75) is 50.9 Å². The first-order valence-corrected chi connectivity index (χ1v) is 9.72. The van der Waals surface area contributed by atoms with E-state index >= 15 is 0 Å². The Balaban J connectivity index is 1.84. The second-order valence-electron chi connectivity index (χ2n) is 6.33. The number of amides is 1. The summed E-state index contributed by atoms with van der Waals surface area (Å²) >= 11 is 1.07. The van der Waals surface area contributed by atoms with Crippen LogP contribution >= 0.6 is 12.0 Å². The van der Waals surface area contributed by atoms with Gasteiger partial charge in [0.2, 0.25) is 11.7 Å². The summed E-state index contributed by atoms with van der Waals surface area (Å²) < 4.78 is 47.1. The number of unbranched alkanes of at least 4 members (excludes halogenated alkanes) is 1. The minimum atomic E-state index is -4.61. The van der Waals surface area contributed by atoms with Crippen molar-refractivity contribution < 1.29 is 36.5 Å². The molecule has 1 N–H and O–H groups in total. The van der Waals surface area contributed by atoms with E-state index in [1.54, 1.807) is 11.0 Å². The standard InChI is InChI=1S/C18H22F3NO5S/c1-12(23)27-28-11-3-2-10-22-13(5-9-17(22)25)4-6-14(24)15-7-8-16(26-15)18(19,20)21/h4,6-8,13-14,24H,2-3,5,9-11H2,1H3/t13-,14?/m0/s1. The van der Waals surface area contributed by atoms with E-state index in [1.807, 2.05) is 0 Å². The number of aliphatic hydroxyl groups is 1. The van der Waals surface area contributed by atoms with Crippen LogP contribution in [0.25, 0.3) is 0 Å². The lowest BCUT2D eigenvalue weighted by molar-refractivity contribution is -0.153. The number of hydrogen-bond donors (Lipinski definition) is 1. The van der Waals surface area contributed by atoms with Crippen LogP contribution in [0.2, 0.25) is 0 Å². The largest absolute Gasteiger partial charge is 0.453 e. The predicted molar refractivity (Wildman–Crippen MR) is 96.0 cm³/mol. The Labute approximate surface area is 164 Å². The van der Waals surface area contributed by atoms with Gasteiger partial charge in [0.1, 0.15) is 11.9 Å². The maximum Gasteiger partial charge on any atom is 0.449 e. The summed E-state index contributed by atoms with van der Waals surface area (Å²) in [5.41, 5.74) is 0. The first-order chi connectivity index (χ1) is 13.2. The van der Waals surface area contributed by atoms with Crippen molar-refractivity contribution in [1.29, 1.82) is 0 Å². The van der Waals surface area contributed by atoms with Gasteiger partial charge in [0.15, 0.2) is 0 Å². The number of carbonyl (C=O) groups excluding carboxylic acids is 2. The second-order valence-corrected chi connectivity index (χ2v) is 7.14. The Kier molecular flexibility index (Phi) is 7.99. The van der Waals surface area contributed by atoms with E-state index in [2.05, 4.69) is 4.42 Å². The first kappa shape index (κ1) is 22.4. The molecule has 1 aliphatic heterocycles. The third kappa shape index (κ3) is 6.59. The molecule has 2 rings (SSSR count). The van der Waals surface area contributed by atoms with Crippen LogP contribution in [0.3, 0.4) is 0 Å². The van der Waals surface area contributed by atoms with Crippen LogP contribution in [-0.2, 0) is 19.9 Å². The quantitative estimate of drug-likeness (QED) is 0.370. The molecule has 0 saturated carbocycles. The van der Waals surface area contributed by atoms with Crippen LogP contribution in [0.1, 0.15) is 50.2 Å². The summed E-state index contributed by atoms with van der Waals surface area (Å²) in [6, 6.07) is 1.63. The van der Waals surface area contributed by atoms with Gasteiger partial charge in [0, 0.05) is 25.6 Å². The minimum absolute atomic E-state index is 0.00543. The normalized spacial score (nSPS) is 18.8. The van der Waals surface area contributed by atoms with Crippen LogP contribution in [0, 0.1) is 0 Å². The fraction of sp³-hybridized carbons (Fsp3) is 0.556. The number of carbonyl (C=O) groups is 2. The fourth-order valence-electron chi connectivity index (χ4n) is 2.81. The molecule has 1 aliphatic rings. The number of likely N-dealkylation sites (tertiary alicyclic amines) is 1. The molecule has 0 aromatic carbocycles. The Bertz CT molecular complexity index is 704. The van der Waals surface area contributed by atoms with Gasteiger partial charge in [0.05, 0.1) is 18.1 Å². The third-order valence-electron chi connectivity index (χ3n) is 4.14. The van der Waals surface area contributed by atoms with E-state index in [9.17, 15) is 27.9 Å². The molecule has 2 heterocycles. The smallest absolute Gasteiger partial charge is 0.449 e. The molecule has 1 aromatic heterocycles. The SMILES string of the molecule is CC(=O)OSCCCCN1C(=O)CC[C@@H]1C=CC(O)c1ccc(C(F)(F)F)o1. The van der Waals surface area contributed by atoms with Gasteiger partial charge in [-0.25, -0.2) is 0 Å². The van der Waals surface area contributed by atoms with E-state index in [0.717, 1.165) is 37.0 Å². The molecule has 2 atom stereocenters. The summed E-state index contributed by atoms with van der Waals surface area (Å²) in [5.74, 6) is -1.11. The first-order valence-electron chi connectivity index (χ1n) is 8.81. The van der Waals surface area contributed by atoms with E-state index in [-0.39, 0.29) is 23.7 Å². The molecule has 0 aliphatic carbocycles. The summed E-state index contributed by atoms with van der Waals surface area (Å²) in [6.45, 7) is 1.84. The number of alkyl halides is 3. The van der Waals surface area contributed by atoms with E-state index in [1.165, 1.54) is 13.0 Å². The highest BCUT2D eigenvalue weighted by atomic mass is 32.2. The molecule has 156 valence electrons. The molecule has 1 unspecified atom stereocenters. The predicted octanol–water partition coefficient (Wildman–Crippen LogP) is 3.87. The molecule has 1 amide bonds. The van der Waals surface area contributed by atoms with Crippen LogP contribution in [0.15, 0.2) is 28.7 Å². The summed E-state index contributed by atoms with van der Waals surface area (Å²) in [5, 5.41) is 10.0. The van der Waals surface area contributed by atoms with Gasteiger partial charge in [-0.05, 0) is 31.4 Å². The second kappa shape index (κ2) is 10.0. The molecule has 0 radical (unpaired) electrons. The monoisotopic (exact) mass is 421 g/mol. The van der Waals surface area contributed by atoms with Crippen LogP contribution in [0.4, 0.5) is 13.2 Å². The highest BCUT2D eigenvalue weighted by molar-refractivity contribution is 7.95. The van der Waals surface area contributed by atoms with Crippen molar-refractivity contribution in [1.82, 2.24) is 4.90 Å². The minimum Gasteiger partial charge on any atom is -0.453 e. The van der Waals surface area contributed by atoms with Gasteiger partial charge in [-0.3, -0.25) is 9.59 Å². The lowest BCUT2D eigenvalue weighted by atomic mass is 10.1. The topological polar surface area (TPSA) is 80.0 Å². The summed E-state index contributed by atoms with van der Waals surface area (Å²) in [7, 11) is 0. The molecule has 0 spiro atoms. The van der Waals surface area contributed by atoms with Gasteiger partial charge in [-0.15, -0.1) is 0 Å². The Morgan fingerprint density at radius 3 is 2.86 bits per heavy atom. The number of nitrogens with zero attached hydrogens (tertiary/aromatic N) is 1. The summed E-state index contributed by atoms with van der Waals surface area (Å²) in [4.78, 5) is 24.4. The molecule has 1 fully saturated rings. The summed E-state index contributed by atoms with van der Waals surface area (Å²) in [6.07, 6.45) is -0.529. The number of aliphatic hydroxyl groups excluding tert-OH is 1. The molecule has 0 bridgehead atoms. The lowest BCUT2D eigenvalue weighted by Gasteiger charge is -2.22. The lowest BCUT2D eigenvalue weighted by Crippen LogP contribution is -2.32.